The highest BCUT2D eigenvalue weighted by molar-refractivity contribution is 5.98. The number of nitriles is 2. The fourth-order valence-corrected chi connectivity index (χ4v) is 4.07. The van der Waals surface area contributed by atoms with Crippen LogP contribution in [0.2, 0.25) is 0 Å². The van der Waals surface area contributed by atoms with Crippen molar-refractivity contribution in [1.29, 1.82) is 10.5 Å². The summed E-state index contributed by atoms with van der Waals surface area (Å²) in [6.45, 7) is 1.75. The van der Waals surface area contributed by atoms with Gasteiger partial charge in [0.15, 0.2) is 11.5 Å². The summed E-state index contributed by atoms with van der Waals surface area (Å²) in [6.07, 6.45) is 1.72. The molecule has 1 atom stereocenters. The quantitative estimate of drug-likeness (QED) is 0.358. The van der Waals surface area contributed by atoms with Crippen LogP contribution >= 0.6 is 0 Å². The molecule has 5 rings (SSSR count). The highest BCUT2D eigenvalue weighted by Crippen LogP contribution is 2.33. The minimum absolute atomic E-state index is 0.0465. The standard InChI is InChI=1S/C29H20N8O/c1-17(23-9-3-8-22(16-31)35-23)34-29(38)27-28(32)37-26(20-6-2-5-18(13-20)15-30)25(36-27)21-10-11-24-19(14-21)7-4-12-33-24/h2-14,17H,1H3,(H2,32,37)(H,34,38). The van der Waals surface area contributed by atoms with Crippen LogP contribution in [-0.4, -0.2) is 25.8 Å². The van der Waals surface area contributed by atoms with Crippen LogP contribution in [0.4, 0.5) is 5.82 Å². The monoisotopic (exact) mass is 496 g/mol. The van der Waals surface area contributed by atoms with E-state index in [-0.39, 0.29) is 17.2 Å². The Labute approximate surface area is 218 Å². The average molecular weight is 497 g/mol. The molecule has 0 aliphatic rings. The van der Waals surface area contributed by atoms with E-state index in [1.165, 1.54) is 0 Å². The fraction of sp³-hybridized carbons (Fsp3) is 0.0690. The Morgan fingerprint density at radius 3 is 2.50 bits per heavy atom. The second-order valence-corrected chi connectivity index (χ2v) is 8.51. The summed E-state index contributed by atoms with van der Waals surface area (Å²) in [5.41, 5.74) is 10.5. The predicted molar refractivity (Wildman–Crippen MR) is 142 cm³/mol. The number of nitrogens with one attached hydrogen (secondary N) is 1. The summed E-state index contributed by atoms with van der Waals surface area (Å²) < 4.78 is 0. The molecule has 0 aliphatic heterocycles. The summed E-state index contributed by atoms with van der Waals surface area (Å²) in [5.74, 6) is -0.593. The van der Waals surface area contributed by atoms with Gasteiger partial charge in [0.05, 0.1) is 40.3 Å². The van der Waals surface area contributed by atoms with E-state index < -0.39 is 11.9 Å². The topological polar surface area (TPSA) is 154 Å². The average Bonchev–Trinajstić information content (AvgIpc) is 2.96. The third kappa shape index (κ3) is 4.72. The van der Waals surface area contributed by atoms with Crippen LogP contribution in [0.1, 0.15) is 40.4 Å². The van der Waals surface area contributed by atoms with E-state index in [0.717, 1.165) is 10.9 Å². The molecule has 3 N–H and O–H groups in total. The Bertz CT molecular complexity index is 1780. The number of carbonyl (C=O) groups is 1. The number of hydrogen-bond donors (Lipinski definition) is 2. The maximum atomic E-state index is 13.3. The summed E-state index contributed by atoms with van der Waals surface area (Å²) >= 11 is 0. The lowest BCUT2D eigenvalue weighted by atomic mass is 10.0. The van der Waals surface area contributed by atoms with Crippen molar-refractivity contribution in [3.63, 3.8) is 0 Å². The molecule has 38 heavy (non-hydrogen) atoms. The molecule has 5 aromatic rings. The number of aromatic nitrogens is 4. The van der Waals surface area contributed by atoms with Gasteiger partial charge in [0.2, 0.25) is 0 Å². The first-order valence-electron chi connectivity index (χ1n) is 11.7. The van der Waals surface area contributed by atoms with Gasteiger partial charge in [-0.3, -0.25) is 9.78 Å². The number of nitrogens with two attached hydrogens (primary N) is 1. The summed E-state index contributed by atoms with van der Waals surface area (Å²) in [5, 5.41) is 22.3. The molecule has 2 aromatic carbocycles. The number of hydrogen-bond acceptors (Lipinski definition) is 8. The van der Waals surface area contributed by atoms with Gasteiger partial charge in [-0.25, -0.2) is 15.0 Å². The Morgan fingerprint density at radius 2 is 1.68 bits per heavy atom. The molecule has 182 valence electrons. The third-order valence-electron chi connectivity index (χ3n) is 5.96. The molecular weight excluding hydrogens is 476 g/mol. The minimum atomic E-state index is -0.535. The Hall–Kier alpha value is -5.67. The summed E-state index contributed by atoms with van der Waals surface area (Å²) in [4.78, 5) is 31.2. The van der Waals surface area contributed by atoms with Crippen molar-refractivity contribution in [2.45, 2.75) is 13.0 Å². The van der Waals surface area contributed by atoms with Gasteiger partial charge in [0.1, 0.15) is 11.8 Å². The Morgan fingerprint density at radius 1 is 0.895 bits per heavy atom. The third-order valence-corrected chi connectivity index (χ3v) is 5.96. The normalized spacial score (nSPS) is 11.3. The molecule has 3 aromatic heterocycles. The van der Waals surface area contributed by atoms with Gasteiger partial charge >= 0.3 is 0 Å². The van der Waals surface area contributed by atoms with Gasteiger partial charge in [-0.05, 0) is 49.4 Å². The molecular formula is C29H20N8O. The van der Waals surface area contributed by atoms with Gasteiger partial charge in [0.25, 0.3) is 5.91 Å². The van der Waals surface area contributed by atoms with Gasteiger partial charge in [-0.1, -0.05) is 30.3 Å². The molecule has 9 heteroatoms. The highest BCUT2D eigenvalue weighted by atomic mass is 16.2. The van der Waals surface area contributed by atoms with Crippen molar-refractivity contribution in [3.05, 3.63) is 102 Å². The number of nitrogens with zero attached hydrogens (tertiary/aromatic N) is 6. The van der Waals surface area contributed by atoms with Crippen LogP contribution in [-0.2, 0) is 0 Å². The fourth-order valence-electron chi connectivity index (χ4n) is 4.07. The zero-order chi connectivity index (χ0) is 26.6. The first-order chi connectivity index (χ1) is 18.5. The van der Waals surface area contributed by atoms with Gasteiger partial charge in [0, 0.05) is 22.7 Å². The predicted octanol–water partition coefficient (Wildman–Crippen LogP) is 4.57. The number of fused-ring (bicyclic) bond motifs is 1. The molecule has 0 spiro atoms. The van der Waals surface area contributed by atoms with Crippen LogP contribution in [0.25, 0.3) is 33.4 Å². The molecule has 0 fully saturated rings. The van der Waals surface area contributed by atoms with Crippen molar-refractivity contribution in [3.8, 4) is 34.7 Å². The SMILES string of the molecule is CC(NC(=O)c1nc(-c2ccc3ncccc3c2)c(-c2cccc(C#N)c2)nc1N)c1cccc(C#N)n1. The largest absolute Gasteiger partial charge is 0.382 e. The highest BCUT2D eigenvalue weighted by Gasteiger charge is 2.22. The molecule has 0 saturated carbocycles. The Balaban J connectivity index is 1.61. The number of carbonyl (C=O) groups excluding carboxylic acids is 1. The van der Waals surface area contributed by atoms with Crippen LogP contribution in [0.5, 0.6) is 0 Å². The summed E-state index contributed by atoms with van der Waals surface area (Å²) in [6, 6.07) is 25.0. The molecule has 1 unspecified atom stereocenters. The lowest BCUT2D eigenvalue weighted by molar-refractivity contribution is 0.0935. The summed E-state index contributed by atoms with van der Waals surface area (Å²) in [7, 11) is 0. The van der Waals surface area contributed by atoms with E-state index in [1.54, 1.807) is 49.5 Å². The molecule has 0 aliphatic carbocycles. The molecule has 0 bridgehead atoms. The van der Waals surface area contributed by atoms with E-state index in [4.69, 9.17) is 11.0 Å². The lowest BCUT2D eigenvalue weighted by Gasteiger charge is -2.16. The van der Waals surface area contributed by atoms with Crippen molar-refractivity contribution in [2.24, 2.45) is 0 Å². The number of rotatable bonds is 5. The maximum Gasteiger partial charge on any atom is 0.274 e. The lowest BCUT2D eigenvalue weighted by Crippen LogP contribution is -2.29. The van der Waals surface area contributed by atoms with E-state index >= 15 is 0 Å². The van der Waals surface area contributed by atoms with Crippen molar-refractivity contribution >= 4 is 22.6 Å². The zero-order valence-electron chi connectivity index (χ0n) is 20.3. The first kappa shape index (κ1) is 24.0. The first-order valence-corrected chi connectivity index (χ1v) is 11.7. The number of benzene rings is 2. The van der Waals surface area contributed by atoms with E-state index in [0.29, 0.717) is 33.8 Å². The molecule has 3 heterocycles. The van der Waals surface area contributed by atoms with Crippen molar-refractivity contribution in [2.75, 3.05) is 5.73 Å². The number of anilines is 1. The minimum Gasteiger partial charge on any atom is -0.382 e. The zero-order valence-corrected chi connectivity index (χ0v) is 20.3. The number of pyridine rings is 2. The van der Waals surface area contributed by atoms with Crippen LogP contribution in [0.15, 0.2) is 79.0 Å². The molecule has 0 radical (unpaired) electrons. The maximum absolute atomic E-state index is 13.3. The Kier molecular flexibility index (Phi) is 6.41. The second-order valence-electron chi connectivity index (χ2n) is 8.51. The van der Waals surface area contributed by atoms with Gasteiger partial charge in [-0.15, -0.1) is 0 Å². The van der Waals surface area contributed by atoms with Crippen molar-refractivity contribution in [1.82, 2.24) is 25.3 Å². The number of amides is 1. The van der Waals surface area contributed by atoms with Crippen LogP contribution in [0.3, 0.4) is 0 Å². The van der Waals surface area contributed by atoms with Crippen LogP contribution < -0.4 is 11.1 Å². The van der Waals surface area contributed by atoms with Gasteiger partial charge in [-0.2, -0.15) is 10.5 Å². The van der Waals surface area contributed by atoms with Gasteiger partial charge < -0.3 is 11.1 Å². The molecule has 0 saturated heterocycles. The van der Waals surface area contributed by atoms with Crippen molar-refractivity contribution < 1.29 is 4.79 Å². The number of nitrogen functional groups attached to an aromatic ring is 1. The van der Waals surface area contributed by atoms with E-state index in [9.17, 15) is 10.1 Å². The smallest absolute Gasteiger partial charge is 0.274 e. The van der Waals surface area contributed by atoms with E-state index in [2.05, 4.69) is 31.3 Å². The second kappa shape index (κ2) is 10.1. The molecule has 9 nitrogen and oxygen atoms in total. The van der Waals surface area contributed by atoms with E-state index in [1.807, 2.05) is 42.5 Å². The molecule has 1 amide bonds. The van der Waals surface area contributed by atoms with Crippen LogP contribution in [0, 0.1) is 22.7 Å².